The first-order valence-corrected chi connectivity index (χ1v) is 7.45. The summed E-state index contributed by atoms with van der Waals surface area (Å²) in [4.78, 5) is 25.8. The van der Waals surface area contributed by atoms with E-state index in [1.165, 1.54) is 18.2 Å². The lowest BCUT2D eigenvalue weighted by atomic mass is 10.1. The zero-order valence-corrected chi connectivity index (χ0v) is 12.9. The van der Waals surface area contributed by atoms with Crippen LogP contribution in [0.4, 0.5) is 5.69 Å². The molecule has 7 nitrogen and oxygen atoms in total. The summed E-state index contributed by atoms with van der Waals surface area (Å²) in [6.45, 7) is 0. The summed E-state index contributed by atoms with van der Waals surface area (Å²) < 4.78 is 5.59. The summed E-state index contributed by atoms with van der Waals surface area (Å²) in [6.07, 6.45) is 1.52. The van der Waals surface area contributed by atoms with Crippen molar-refractivity contribution in [2.45, 2.75) is 0 Å². The molecular formula is C14H8ClN3O4S. The van der Waals surface area contributed by atoms with Crippen LogP contribution in [0.15, 0.2) is 44.6 Å². The maximum absolute atomic E-state index is 11.5. The Kier molecular flexibility index (Phi) is 3.93. The fourth-order valence-corrected chi connectivity index (χ4v) is 2.79. The van der Waals surface area contributed by atoms with Crippen LogP contribution in [0, 0.1) is 10.1 Å². The average molecular weight is 350 g/mol. The highest BCUT2D eigenvalue weighted by atomic mass is 35.5. The van der Waals surface area contributed by atoms with Crippen molar-refractivity contribution in [1.29, 1.82) is 0 Å². The Morgan fingerprint density at radius 2 is 2.13 bits per heavy atom. The number of carbonyl (C=O) groups excluding carboxylic acids is 1. The van der Waals surface area contributed by atoms with Crippen LogP contribution in [-0.4, -0.2) is 16.0 Å². The SMILES string of the molecule is NC1=NC(=O)/C(=C\c2ccc(-c3ccc(Cl)c([N+](=O)[O-])c3)o2)S1. The first-order valence-electron chi connectivity index (χ1n) is 6.26. The molecule has 23 heavy (non-hydrogen) atoms. The topological polar surface area (TPSA) is 112 Å². The molecule has 0 bridgehead atoms. The highest BCUT2D eigenvalue weighted by Gasteiger charge is 2.20. The van der Waals surface area contributed by atoms with E-state index in [9.17, 15) is 14.9 Å². The quantitative estimate of drug-likeness (QED) is 0.516. The third-order valence-corrected chi connectivity index (χ3v) is 4.10. The number of hydrogen-bond acceptors (Lipinski definition) is 6. The van der Waals surface area contributed by atoms with Gasteiger partial charge < -0.3 is 10.2 Å². The number of amidine groups is 1. The van der Waals surface area contributed by atoms with Gasteiger partial charge in [-0.25, -0.2) is 0 Å². The molecule has 0 radical (unpaired) electrons. The van der Waals surface area contributed by atoms with Crippen LogP contribution >= 0.6 is 23.4 Å². The van der Waals surface area contributed by atoms with E-state index in [1.54, 1.807) is 18.2 Å². The molecule has 116 valence electrons. The Bertz CT molecular complexity index is 888. The van der Waals surface area contributed by atoms with Crippen molar-refractivity contribution < 1.29 is 14.1 Å². The summed E-state index contributed by atoms with van der Waals surface area (Å²) in [6, 6.07) is 7.66. The van der Waals surface area contributed by atoms with Gasteiger partial charge in [-0.2, -0.15) is 4.99 Å². The number of benzene rings is 1. The van der Waals surface area contributed by atoms with E-state index in [4.69, 9.17) is 21.8 Å². The van der Waals surface area contributed by atoms with E-state index < -0.39 is 10.8 Å². The van der Waals surface area contributed by atoms with E-state index in [0.29, 0.717) is 22.0 Å². The van der Waals surface area contributed by atoms with Gasteiger partial charge in [0.1, 0.15) is 16.5 Å². The number of nitro groups is 1. The minimum absolute atomic E-state index is 0.0493. The standard InChI is InChI=1S/C14H8ClN3O4S/c15-9-3-1-7(5-10(9)18(20)21)11-4-2-8(22-11)6-12-13(19)17-14(16)23-12/h1-6H,(H2,16,17,19)/b12-6+. The number of nitro benzene ring substituents is 1. The fourth-order valence-electron chi connectivity index (χ4n) is 1.95. The van der Waals surface area contributed by atoms with Gasteiger partial charge in [0.2, 0.25) is 0 Å². The monoisotopic (exact) mass is 349 g/mol. The molecule has 0 aliphatic carbocycles. The number of thioether (sulfide) groups is 1. The third kappa shape index (κ3) is 3.13. The predicted octanol–water partition coefficient (Wildman–Crippen LogP) is 3.44. The largest absolute Gasteiger partial charge is 0.457 e. The molecule has 1 aliphatic rings. The molecule has 1 aliphatic heterocycles. The number of aliphatic imine (C=N–C) groups is 1. The predicted molar refractivity (Wildman–Crippen MR) is 88.0 cm³/mol. The number of furan rings is 1. The molecule has 2 heterocycles. The second-order valence-corrected chi connectivity index (χ2v) is 5.96. The molecule has 0 spiro atoms. The Morgan fingerprint density at radius 1 is 1.35 bits per heavy atom. The smallest absolute Gasteiger partial charge is 0.288 e. The van der Waals surface area contributed by atoms with E-state index in [0.717, 1.165) is 11.8 Å². The molecule has 0 saturated heterocycles. The van der Waals surface area contributed by atoms with Crippen molar-refractivity contribution >= 4 is 46.2 Å². The summed E-state index contributed by atoms with van der Waals surface area (Å²) in [5.41, 5.74) is 5.77. The summed E-state index contributed by atoms with van der Waals surface area (Å²) in [5.74, 6) is 0.409. The van der Waals surface area contributed by atoms with Crippen LogP contribution in [-0.2, 0) is 4.79 Å². The van der Waals surface area contributed by atoms with E-state index in [1.807, 2.05) is 0 Å². The number of rotatable bonds is 3. The van der Waals surface area contributed by atoms with Crippen molar-refractivity contribution in [2.75, 3.05) is 0 Å². The average Bonchev–Trinajstić information content (AvgIpc) is 3.06. The van der Waals surface area contributed by atoms with Gasteiger partial charge in [0.05, 0.1) is 9.83 Å². The first kappa shape index (κ1) is 15.3. The van der Waals surface area contributed by atoms with Crippen LogP contribution in [0.25, 0.3) is 17.4 Å². The zero-order chi connectivity index (χ0) is 16.6. The van der Waals surface area contributed by atoms with Gasteiger partial charge in [-0.15, -0.1) is 0 Å². The number of nitrogens with zero attached hydrogens (tertiary/aromatic N) is 2. The minimum Gasteiger partial charge on any atom is -0.457 e. The lowest BCUT2D eigenvalue weighted by Gasteiger charge is -1.99. The Labute approximate surface area is 139 Å². The molecule has 0 fully saturated rings. The number of nitrogens with two attached hydrogens (primary N) is 1. The third-order valence-electron chi connectivity index (χ3n) is 2.96. The van der Waals surface area contributed by atoms with Crippen molar-refractivity contribution in [3.05, 3.63) is 56.1 Å². The van der Waals surface area contributed by atoms with E-state index in [-0.39, 0.29) is 15.9 Å². The zero-order valence-electron chi connectivity index (χ0n) is 11.4. The van der Waals surface area contributed by atoms with E-state index >= 15 is 0 Å². The van der Waals surface area contributed by atoms with Crippen LogP contribution in [0.3, 0.4) is 0 Å². The van der Waals surface area contributed by atoms with Gasteiger partial charge in [0, 0.05) is 17.7 Å². The van der Waals surface area contributed by atoms with Crippen LogP contribution in [0.5, 0.6) is 0 Å². The van der Waals surface area contributed by atoms with Crippen molar-refractivity contribution in [1.82, 2.24) is 0 Å². The van der Waals surface area contributed by atoms with Gasteiger partial charge in [-0.1, -0.05) is 11.6 Å². The van der Waals surface area contributed by atoms with Crippen molar-refractivity contribution in [2.24, 2.45) is 10.7 Å². The molecule has 3 rings (SSSR count). The maximum Gasteiger partial charge on any atom is 0.288 e. The molecule has 1 aromatic carbocycles. The second-order valence-electron chi connectivity index (χ2n) is 4.49. The van der Waals surface area contributed by atoms with E-state index in [2.05, 4.69) is 4.99 Å². The van der Waals surface area contributed by atoms with Crippen LogP contribution in [0.2, 0.25) is 5.02 Å². The molecule has 9 heteroatoms. The van der Waals surface area contributed by atoms with Gasteiger partial charge in [0.15, 0.2) is 5.17 Å². The molecule has 0 saturated carbocycles. The normalized spacial score (nSPS) is 16.0. The van der Waals surface area contributed by atoms with Gasteiger partial charge in [-0.05, 0) is 36.0 Å². The van der Waals surface area contributed by atoms with Gasteiger partial charge in [-0.3, -0.25) is 14.9 Å². The fraction of sp³-hybridized carbons (Fsp3) is 0. The summed E-state index contributed by atoms with van der Waals surface area (Å²) >= 11 is 6.83. The Morgan fingerprint density at radius 3 is 2.78 bits per heavy atom. The number of halogens is 1. The second kappa shape index (κ2) is 5.90. The van der Waals surface area contributed by atoms with Crippen molar-refractivity contribution in [3.63, 3.8) is 0 Å². The Hall–Kier alpha value is -2.58. The molecule has 0 atom stereocenters. The molecule has 2 N–H and O–H groups in total. The maximum atomic E-state index is 11.5. The summed E-state index contributed by atoms with van der Waals surface area (Å²) in [5, 5.41) is 11.2. The molecule has 1 aromatic heterocycles. The molecule has 1 amide bonds. The Balaban J connectivity index is 1.91. The molecular weight excluding hydrogens is 342 g/mol. The lowest BCUT2D eigenvalue weighted by molar-refractivity contribution is -0.384. The molecule has 2 aromatic rings. The highest BCUT2D eigenvalue weighted by molar-refractivity contribution is 8.18. The minimum atomic E-state index is -0.564. The van der Waals surface area contributed by atoms with Crippen LogP contribution < -0.4 is 5.73 Å². The molecule has 0 unspecified atom stereocenters. The number of hydrogen-bond donors (Lipinski definition) is 1. The first-order chi connectivity index (χ1) is 10.9. The van der Waals surface area contributed by atoms with Gasteiger partial charge in [0.25, 0.3) is 11.6 Å². The number of amides is 1. The summed E-state index contributed by atoms with van der Waals surface area (Å²) in [7, 11) is 0. The van der Waals surface area contributed by atoms with Crippen molar-refractivity contribution in [3.8, 4) is 11.3 Å². The van der Waals surface area contributed by atoms with Crippen LogP contribution in [0.1, 0.15) is 5.76 Å². The van der Waals surface area contributed by atoms with Gasteiger partial charge >= 0.3 is 0 Å². The lowest BCUT2D eigenvalue weighted by Crippen LogP contribution is -2.01. The number of carbonyl (C=O) groups is 1. The highest BCUT2D eigenvalue weighted by Crippen LogP contribution is 2.32.